The van der Waals surface area contributed by atoms with Crippen molar-refractivity contribution in [2.45, 2.75) is 0 Å². The van der Waals surface area contributed by atoms with Gasteiger partial charge in [0.1, 0.15) is 16.9 Å². The Morgan fingerprint density at radius 2 is 1.52 bits per heavy atom. The fraction of sp³-hybridized carbons (Fsp3) is 0.0526. The van der Waals surface area contributed by atoms with Crippen LogP contribution in [0.2, 0.25) is 0 Å². The molecule has 0 saturated heterocycles. The Morgan fingerprint density at radius 1 is 0.762 bits per heavy atom. The number of methoxy groups -OCH3 is 1. The van der Waals surface area contributed by atoms with Crippen molar-refractivity contribution in [3.8, 4) is 16.9 Å². The molecule has 102 valence electrons. The molecule has 3 aromatic carbocycles. The molecule has 4 aromatic rings. The molecule has 0 fully saturated rings. The van der Waals surface area contributed by atoms with Crippen LogP contribution in [0, 0.1) is 0 Å². The fourth-order valence-corrected chi connectivity index (χ4v) is 2.78. The van der Waals surface area contributed by atoms with Gasteiger partial charge in [-0.2, -0.15) is 0 Å². The van der Waals surface area contributed by atoms with E-state index in [2.05, 4.69) is 30.3 Å². The highest BCUT2D eigenvalue weighted by Crippen LogP contribution is 2.35. The lowest BCUT2D eigenvalue weighted by molar-refractivity contribution is 0.416. The molecule has 2 heteroatoms. The summed E-state index contributed by atoms with van der Waals surface area (Å²) in [4.78, 5) is 0. The van der Waals surface area contributed by atoms with E-state index >= 15 is 0 Å². The number of ether oxygens (including phenoxy) is 1. The highest BCUT2D eigenvalue weighted by molar-refractivity contribution is 6.05. The maximum Gasteiger partial charge on any atom is 0.136 e. The zero-order valence-corrected chi connectivity index (χ0v) is 11.7. The molecule has 0 aliphatic carbocycles. The molecular weight excluding hydrogens is 260 g/mol. The number of hydrogen-bond donors (Lipinski definition) is 0. The standard InChI is InChI=1S/C19H14O2/c1-20-17-8-4-2-6-14(17)13-10-11-16-15-7-3-5-9-18(15)21-19(16)12-13/h2-12H,1H3. The summed E-state index contributed by atoms with van der Waals surface area (Å²) in [7, 11) is 1.69. The normalized spacial score (nSPS) is 11.1. The molecular formula is C19H14O2. The molecule has 0 N–H and O–H groups in total. The average Bonchev–Trinajstić information content (AvgIpc) is 2.92. The number of benzene rings is 3. The first kappa shape index (κ1) is 12.0. The third kappa shape index (κ3) is 1.88. The van der Waals surface area contributed by atoms with Gasteiger partial charge in [0, 0.05) is 16.3 Å². The molecule has 0 aliphatic heterocycles. The molecule has 0 saturated carbocycles. The van der Waals surface area contributed by atoms with E-state index < -0.39 is 0 Å². The maximum absolute atomic E-state index is 5.95. The first-order valence-corrected chi connectivity index (χ1v) is 6.91. The third-order valence-corrected chi connectivity index (χ3v) is 3.80. The van der Waals surface area contributed by atoms with Gasteiger partial charge in [-0.1, -0.05) is 42.5 Å². The first-order chi connectivity index (χ1) is 10.4. The zero-order chi connectivity index (χ0) is 14.2. The van der Waals surface area contributed by atoms with Crippen LogP contribution < -0.4 is 4.74 Å². The quantitative estimate of drug-likeness (QED) is 0.497. The number of hydrogen-bond acceptors (Lipinski definition) is 2. The van der Waals surface area contributed by atoms with Gasteiger partial charge >= 0.3 is 0 Å². The van der Waals surface area contributed by atoms with Crippen LogP contribution in [0.25, 0.3) is 33.1 Å². The van der Waals surface area contributed by atoms with E-state index in [0.29, 0.717) is 0 Å². The smallest absolute Gasteiger partial charge is 0.136 e. The van der Waals surface area contributed by atoms with Crippen molar-refractivity contribution >= 4 is 21.9 Å². The molecule has 1 aromatic heterocycles. The summed E-state index contributed by atoms with van der Waals surface area (Å²) in [6, 6.07) is 22.4. The van der Waals surface area contributed by atoms with E-state index in [9.17, 15) is 0 Å². The highest BCUT2D eigenvalue weighted by atomic mass is 16.5. The van der Waals surface area contributed by atoms with Crippen LogP contribution in [0.1, 0.15) is 0 Å². The Hall–Kier alpha value is -2.74. The highest BCUT2D eigenvalue weighted by Gasteiger charge is 2.10. The topological polar surface area (TPSA) is 22.4 Å². The van der Waals surface area contributed by atoms with Crippen molar-refractivity contribution < 1.29 is 9.15 Å². The van der Waals surface area contributed by atoms with E-state index in [1.807, 2.05) is 36.4 Å². The summed E-state index contributed by atoms with van der Waals surface area (Å²) in [5.41, 5.74) is 3.99. The molecule has 0 spiro atoms. The second-order valence-corrected chi connectivity index (χ2v) is 5.01. The van der Waals surface area contributed by atoms with Crippen LogP contribution in [0.15, 0.2) is 71.1 Å². The minimum Gasteiger partial charge on any atom is -0.496 e. The SMILES string of the molecule is COc1ccccc1-c1ccc2c(c1)oc1ccccc12. The van der Waals surface area contributed by atoms with Crippen LogP contribution in [0.3, 0.4) is 0 Å². The molecule has 0 atom stereocenters. The largest absolute Gasteiger partial charge is 0.496 e. The summed E-state index contributed by atoms with van der Waals surface area (Å²) in [6.07, 6.45) is 0. The molecule has 0 bridgehead atoms. The van der Waals surface area contributed by atoms with Crippen molar-refractivity contribution in [3.63, 3.8) is 0 Å². The maximum atomic E-state index is 5.95. The van der Waals surface area contributed by atoms with Crippen LogP contribution in [0.5, 0.6) is 5.75 Å². The summed E-state index contributed by atoms with van der Waals surface area (Å²) in [5, 5.41) is 2.29. The Bertz CT molecular complexity index is 935. The van der Waals surface area contributed by atoms with Crippen molar-refractivity contribution in [1.82, 2.24) is 0 Å². The second kappa shape index (κ2) is 4.67. The lowest BCUT2D eigenvalue weighted by Crippen LogP contribution is -1.86. The Kier molecular flexibility index (Phi) is 2.68. The van der Waals surface area contributed by atoms with Gasteiger partial charge in [0.15, 0.2) is 0 Å². The molecule has 1 heterocycles. The fourth-order valence-electron chi connectivity index (χ4n) is 2.78. The molecule has 2 nitrogen and oxygen atoms in total. The predicted octanol–water partition coefficient (Wildman–Crippen LogP) is 5.26. The van der Waals surface area contributed by atoms with E-state index in [1.165, 1.54) is 0 Å². The van der Waals surface area contributed by atoms with Crippen LogP contribution in [-0.4, -0.2) is 7.11 Å². The van der Waals surface area contributed by atoms with Crippen LogP contribution in [-0.2, 0) is 0 Å². The van der Waals surface area contributed by atoms with E-state index in [0.717, 1.165) is 38.8 Å². The number of rotatable bonds is 2. The second-order valence-electron chi connectivity index (χ2n) is 5.01. The van der Waals surface area contributed by atoms with Crippen molar-refractivity contribution in [3.05, 3.63) is 66.7 Å². The van der Waals surface area contributed by atoms with Crippen molar-refractivity contribution in [2.24, 2.45) is 0 Å². The van der Waals surface area contributed by atoms with Crippen molar-refractivity contribution in [2.75, 3.05) is 7.11 Å². The van der Waals surface area contributed by atoms with Gasteiger partial charge in [0.2, 0.25) is 0 Å². The molecule has 21 heavy (non-hydrogen) atoms. The molecule has 4 rings (SSSR count). The molecule has 0 unspecified atom stereocenters. The molecule has 0 amide bonds. The number of furan rings is 1. The zero-order valence-electron chi connectivity index (χ0n) is 11.7. The van der Waals surface area contributed by atoms with E-state index in [-0.39, 0.29) is 0 Å². The minimum absolute atomic E-state index is 0.868. The predicted molar refractivity (Wildman–Crippen MR) is 85.7 cm³/mol. The van der Waals surface area contributed by atoms with Gasteiger partial charge < -0.3 is 9.15 Å². The monoisotopic (exact) mass is 274 g/mol. The van der Waals surface area contributed by atoms with Crippen molar-refractivity contribution in [1.29, 1.82) is 0 Å². The molecule has 0 radical (unpaired) electrons. The summed E-state index contributed by atoms with van der Waals surface area (Å²) in [5.74, 6) is 0.868. The van der Waals surface area contributed by atoms with Gasteiger partial charge in [0.25, 0.3) is 0 Å². The van der Waals surface area contributed by atoms with E-state index in [1.54, 1.807) is 7.11 Å². The van der Waals surface area contributed by atoms with Gasteiger partial charge in [-0.15, -0.1) is 0 Å². The van der Waals surface area contributed by atoms with Gasteiger partial charge in [-0.25, -0.2) is 0 Å². The summed E-state index contributed by atoms with van der Waals surface area (Å²) >= 11 is 0. The first-order valence-electron chi connectivity index (χ1n) is 6.91. The van der Waals surface area contributed by atoms with Gasteiger partial charge in [0.05, 0.1) is 7.11 Å². The van der Waals surface area contributed by atoms with Crippen LogP contribution >= 0.6 is 0 Å². The lowest BCUT2D eigenvalue weighted by atomic mass is 10.0. The summed E-state index contributed by atoms with van der Waals surface area (Å²) < 4.78 is 11.4. The average molecular weight is 274 g/mol. The number of para-hydroxylation sites is 2. The van der Waals surface area contributed by atoms with Crippen LogP contribution in [0.4, 0.5) is 0 Å². The Balaban J connectivity index is 1.97. The Morgan fingerprint density at radius 3 is 2.43 bits per heavy atom. The summed E-state index contributed by atoms with van der Waals surface area (Å²) in [6.45, 7) is 0. The lowest BCUT2D eigenvalue weighted by Gasteiger charge is -2.07. The Labute approximate surface area is 122 Å². The minimum atomic E-state index is 0.868. The van der Waals surface area contributed by atoms with Gasteiger partial charge in [-0.05, 0) is 29.8 Å². The molecule has 0 aliphatic rings. The number of fused-ring (bicyclic) bond motifs is 3. The van der Waals surface area contributed by atoms with Gasteiger partial charge in [-0.3, -0.25) is 0 Å². The van der Waals surface area contributed by atoms with E-state index in [4.69, 9.17) is 9.15 Å². The third-order valence-electron chi connectivity index (χ3n) is 3.80.